The Morgan fingerprint density at radius 2 is 2.12 bits per heavy atom. The van der Waals surface area contributed by atoms with Crippen LogP contribution in [-0.4, -0.2) is 20.9 Å². The smallest absolute Gasteiger partial charge is 0.238 e. The van der Waals surface area contributed by atoms with Crippen molar-refractivity contribution in [3.05, 3.63) is 23.8 Å². The van der Waals surface area contributed by atoms with E-state index in [0.717, 1.165) is 5.56 Å². The quantitative estimate of drug-likeness (QED) is 0.805. The number of anilines is 1. The van der Waals surface area contributed by atoms with Crippen LogP contribution in [-0.2, 0) is 14.8 Å². The number of rotatable bonds is 1. The molecule has 1 aromatic rings. The first-order valence-corrected chi connectivity index (χ1v) is 6.80. The van der Waals surface area contributed by atoms with Crippen LogP contribution >= 0.6 is 0 Å². The first kappa shape index (κ1) is 12.1. The fraction of sp³-hybridized carbons (Fsp3) is 0.364. The molecule has 0 bridgehead atoms. The predicted octanol–water partition coefficient (Wildman–Crippen LogP) is 0.804. The highest BCUT2D eigenvalue weighted by Gasteiger charge is 2.29. The van der Waals surface area contributed by atoms with Gasteiger partial charge in [0, 0.05) is 25.1 Å². The summed E-state index contributed by atoms with van der Waals surface area (Å²) in [5.41, 5.74) is 1.63. The molecule has 0 saturated carbocycles. The van der Waals surface area contributed by atoms with E-state index in [1.807, 2.05) is 6.92 Å². The largest absolute Gasteiger partial charge is 0.312 e. The van der Waals surface area contributed by atoms with E-state index in [4.69, 9.17) is 5.14 Å². The second kappa shape index (κ2) is 3.82. The highest BCUT2D eigenvalue weighted by Crippen LogP contribution is 2.37. The van der Waals surface area contributed by atoms with Crippen LogP contribution in [0.4, 0.5) is 5.69 Å². The molecule has 0 spiro atoms. The molecule has 1 atom stereocenters. The summed E-state index contributed by atoms with van der Waals surface area (Å²) in [5.74, 6) is 0.116. The Bertz CT molecular complexity index is 580. The third kappa shape index (κ3) is 2.05. The molecule has 5 nitrogen and oxygen atoms in total. The van der Waals surface area contributed by atoms with Crippen LogP contribution in [0.3, 0.4) is 0 Å². The number of carbonyl (C=O) groups excluding carboxylic acids is 1. The van der Waals surface area contributed by atoms with Crippen LogP contribution in [0.1, 0.15) is 25.3 Å². The number of sulfonamides is 1. The number of amides is 1. The SMILES string of the molecule is CC(=O)N1CC(C)c2ccc(S(N)(=O)=O)cc21. The van der Waals surface area contributed by atoms with Crippen molar-refractivity contribution in [3.63, 3.8) is 0 Å². The zero-order valence-electron chi connectivity index (χ0n) is 9.67. The number of primary sulfonamides is 1. The third-order valence-corrected chi connectivity index (χ3v) is 3.90. The van der Waals surface area contributed by atoms with Gasteiger partial charge in [-0.05, 0) is 17.7 Å². The molecule has 92 valence electrons. The number of hydrogen-bond acceptors (Lipinski definition) is 3. The highest BCUT2D eigenvalue weighted by atomic mass is 32.2. The van der Waals surface area contributed by atoms with Crippen molar-refractivity contribution < 1.29 is 13.2 Å². The van der Waals surface area contributed by atoms with Crippen molar-refractivity contribution in [3.8, 4) is 0 Å². The maximum Gasteiger partial charge on any atom is 0.238 e. The molecular formula is C11H14N2O3S. The van der Waals surface area contributed by atoms with Gasteiger partial charge in [0.25, 0.3) is 0 Å². The van der Waals surface area contributed by atoms with Gasteiger partial charge in [0.2, 0.25) is 15.9 Å². The summed E-state index contributed by atoms with van der Waals surface area (Å²) in [5, 5.41) is 5.08. The molecule has 1 unspecified atom stereocenters. The molecule has 0 aromatic heterocycles. The first-order chi connectivity index (χ1) is 7.80. The average molecular weight is 254 g/mol. The predicted molar refractivity (Wildman–Crippen MR) is 64.3 cm³/mol. The van der Waals surface area contributed by atoms with Crippen LogP contribution in [0.25, 0.3) is 0 Å². The van der Waals surface area contributed by atoms with Crippen molar-refractivity contribution in [1.29, 1.82) is 0 Å². The second-order valence-electron chi connectivity index (χ2n) is 4.30. The normalized spacial score (nSPS) is 19.2. The Labute approximate surface area is 100 Å². The van der Waals surface area contributed by atoms with Crippen molar-refractivity contribution in [2.75, 3.05) is 11.4 Å². The van der Waals surface area contributed by atoms with Gasteiger partial charge in [-0.1, -0.05) is 13.0 Å². The van der Waals surface area contributed by atoms with E-state index in [1.165, 1.54) is 19.1 Å². The van der Waals surface area contributed by atoms with Crippen molar-refractivity contribution in [2.24, 2.45) is 5.14 Å². The topological polar surface area (TPSA) is 80.5 Å². The number of nitrogens with zero attached hydrogens (tertiary/aromatic N) is 1. The molecule has 0 aliphatic carbocycles. The average Bonchev–Trinajstić information content (AvgIpc) is 2.54. The van der Waals surface area contributed by atoms with E-state index >= 15 is 0 Å². The molecule has 1 heterocycles. The van der Waals surface area contributed by atoms with Gasteiger partial charge in [-0.25, -0.2) is 13.6 Å². The Balaban J connectivity index is 2.58. The molecule has 0 saturated heterocycles. The minimum Gasteiger partial charge on any atom is -0.312 e. The van der Waals surface area contributed by atoms with E-state index in [9.17, 15) is 13.2 Å². The monoisotopic (exact) mass is 254 g/mol. The van der Waals surface area contributed by atoms with E-state index in [-0.39, 0.29) is 16.7 Å². The standard InChI is InChI=1S/C11H14N2O3S/c1-7-6-13(8(2)14)11-5-9(17(12,15)16)3-4-10(7)11/h3-5,7H,6H2,1-2H3,(H2,12,15,16). The van der Waals surface area contributed by atoms with E-state index < -0.39 is 10.0 Å². The lowest BCUT2D eigenvalue weighted by molar-refractivity contribution is -0.116. The molecule has 0 fully saturated rings. The Morgan fingerprint density at radius 1 is 1.47 bits per heavy atom. The van der Waals surface area contributed by atoms with Gasteiger partial charge in [0.05, 0.1) is 4.90 Å². The summed E-state index contributed by atoms with van der Waals surface area (Å²) in [6.07, 6.45) is 0. The summed E-state index contributed by atoms with van der Waals surface area (Å²) in [4.78, 5) is 13.1. The van der Waals surface area contributed by atoms with E-state index in [0.29, 0.717) is 12.2 Å². The van der Waals surface area contributed by atoms with Crippen LogP contribution < -0.4 is 10.0 Å². The van der Waals surface area contributed by atoms with Crippen molar-refractivity contribution in [2.45, 2.75) is 24.7 Å². The van der Waals surface area contributed by atoms with Gasteiger partial charge in [-0.2, -0.15) is 0 Å². The minimum absolute atomic E-state index is 0.0385. The summed E-state index contributed by atoms with van der Waals surface area (Å²) < 4.78 is 22.5. The molecular weight excluding hydrogens is 240 g/mol. The van der Waals surface area contributed by atoms with Crippen LogP contribution in [0.2, 0.25) is 0 Å². The Hall–Kier alpha value is -1.40. The van der Waals surface area contributed by atoms with Gasteiger partial charge in [0.1, 0.15) is 0 Å². The summed E-state index contributed by atoms with van der Waals surface area (Å²) >= 11 is 0. The van der Waals surface area contributed by atoms with Crippen LogP contribution in [0, 0.1) is 0 Å². The minimum atomic E-state index is -3.73. The van der Waals surface area contributed by atoms with Gasteiger partial charge >= 0.3 is 0 Å². The summed E-state index contributed by atoms with van der Waals surface area (Å²) in [7, 11) is -3.73. The Morgan fingerprint density at radius 3 is 2.65 bits per heavy atom. The maximum atomic E-state index is 11.5. The Kier molecular flexibility index (Phi) is 2.71. The number of fused-ring (bicyclic) bond motifs is 1. The molecule has 1 aliphatic heterocycles. The van der Waals surface area contributed by atoms with Crippen LogP contribution in [0.5, 0.6) is 0 Å². The van der Waals surface area contributed by atoms with E-state index in [2.05, 4.69) is 0 Å². The molecule has 2 N–H and O–H groups in total. The van der Waals surface area contributed by atoms with Gasteiger partial charge in [-0.15, -0.1) is 0 Å². The number of hydrogen-bond donors (Lipinski definition) is 1. The number of nitrogens with two attached hydrogens (primary N) is 1. The molecule has 1 amide bonds. The number of benzene rings is 1. The van der Waals surface area contributed by atoms with Gasteiger partial charge in [-0.3, -0.25) is 4.79 Å². The second-order valence-corrected chi connectivity index (χ2v) is 5.86. The zero-order chi connectivity index (χ0) is 12.8. The molecule has 0 radical (unpaired) electrons. The first-order valence-electron chi connectivity index (χ1n) is 5.25. The van der Waals surface area contributed by atoms with Gasteiger partial charge < -0.3 is 4.90 Å². The highest BCUT2D eigenvalue weighted by molar-refractivity contribution is 7.89. The van der Waals surface area contributed by atoms with Gasteiger partial charge in [0.15, 0.2) is 0 Å². The molecule has 6 heteroatoms. The fourth-order valence-corrected chi connectivity index (χ4v) is 2.65. The molecule has 1 aromatic carbocycles. The number of carbonyl (C=O) groups is 1. The molecule has 2 rings (SSSR count). The lowest BCUT2D eigenvalue weighted by atomic mass is 10.0. The van der Waals surface area contributed by atoms with E-state index in [1.54, 1.807) is 11.0 Å². The zero-order valence-corrected chi connectivity index (χ0v) is 10.5. The molecule has 1 aliphatic rings. The van der Waals surface area contributed by atoms with Crippen molar-refractivity contribution >= 4 is 21.6 Å². The maximum absolute atomic E-state index is 11.5. The summed E-state index contributed by atoms with van der Waals surface area (Å²) in [6, 6.07) is 4.67. The summed E-state index contributed by atoms with van der Waals surface area (Å²) in [6.45, 7) is 4.04. The lowest BCUT2D eigenvalue weighted by Gasteiger charge is -2.15. The van der Waals surface area contributed by atoms with Crippen LogP contribution in [0.15, 0.2) is 23.1 Å². The lowest BCUT2D eigenvalue weighted by Crippen LogP contribution is -2.26. The molecule has 17 heavy (non-hydrogen) atoms. The third-order valence-electron chi connectivity index (χ3n) is 2.99. The van der Waals surface area contributed by atoms with Crippen molar-refractivity contribution in [1.82, 2.24) is 0 Å². The fourth-order valence-electron chi connectivity index (χ4n) is 2.12.